The average Bonchev–Trinajstić information content (AvgIpc) is 3.21. The van der Waals surface area contributed by atoms with Crippen molar-refractivity contribution in [2.45, 2.75) is 25.8 Å². The van der Waals surface area contributed by atoms with E-state index < -0.39 is 0 Å². The van der Waals surface area contributed by atoms with Crippen LogP contribution in [0.15, 0.2) is 54.6 Å². The fraction of sp³-hybridized carbons (Fsp3) is 0.391. The first-order valence-corrected chi connectivity index (χ1v) is 10.0. The smallest absolute Gasteiger partial charge is 0.222 e. The van der Waals surface area contributed by atoms with E-state index >= 15 is 0 Å². The molecular formula is C23H29N3O3. The van der Waals surface area contributed by atoms with Crippen LogP contribution < -0.4 is 20.3 Å². The van der Waals surface area contributed by atoms with Gasteiger partial charge in [0.15, 0.2) is 0 Å². The molecule has 29 heavy (non-hydrogen) atoms. The quantitative estimate of drug-likeness (QED) is 0.721. The van der Waals surface area contributed by atoms with Gasteiger partial charge in [0, 0.05) is 32.2 Å². The van der Waals surface area contributed by atoms with Crippen LogP contribution >= 0.6 is 0 Å². The Morgan fingerprint density at radius 1 is 1.14 bits per heavy atom. The van der Waals surface area contributed by atoms with Gasteiger partial charge in [-0.25, -0.2) is 0 Å². The predicted molar refractivity (Wildman–Crippen MR) is 114 cm³/mol. The number of ether oxygens (including phenoxy) is 1. The Morgan fingerprint density at radius 2 is 1.86 bits per heavy atom. The van der Waals surface area contributed by atoms with Gasteiger partial charge in [0.05, 0.1) is 19.6 Å². The highest BCUT2D eigenvalue weighted by Gasteiger charge is 2.24. The molecule has 1 aliphatic rings. The van der Waals surface area contributed by atoms with Crippen molar-refractivity contribution in [3.63, 3.8) is 0 Å². The maximum Gasteiger partial charge on any atom is 0.222 e. The first-order chi connectivity index (χ1) is 14.0. The number of carbonyl (C=O) groups is 2. The number of amides is 2. The highest BCUT2D eigenvalue weighted by atomic mass is 16.5. The molecule has 0 radical (unpaired) electrons. The largest absolute Gasteiger partial charge is 0.497 e. The third-order valence-electron chi connectivity index (χ3n) is 5.28. The number of carbonyl (C=O) groups excluding carboxylic acids is 2. The molecule has 2 aromatic rings. The highest BCUT2D eigenvalue weighted by molar-refractivity contribution is 5.79. The van der Waals surface area contributed by atoms with Gasteiger partial charge < -0.3 is 20.3 Å². The second kappa shape index (κ2) is 9.96. The molecule has 0 spiro atoms. The molecule has 2 atom stereocenters. The zero-order valence-corrected chi connectivity index (χ0v) is 17.1. The first kappa shape index (κ1) is 20.7. The summed E-state index contributed by atoms with van der Waals surface area (Å²) in [7, 11) is 1.61. The summed E-state index contributed by atoms with van der Waals surface area (Å²) in [5, 5.41) is 5.92. The van der Waals surface area contributed by atoms with E-state index in [1.165, 1.54) is 12.6 Å². The molecule has 1 heterocycles. The van der Waals surface area contributed by atoms with E-state index in [4.69, 9.17) is 4.74 Å². The van der Waals surface area contributed by atoms with Gasteiger partial charge in [-0.2, -0.15) is 0 Å². The second-order valence-corrected chi connectivity index (χ2v) is 7.47. The minimum atomic E-state index is -0.359. The van der Waals surface area contributed by atoms with E-state index in [9.17, 15) is 9.59 Å². The third kappa shape index (κ3) is 5.98. The number of nitrogens with zero attached hydrogens (tertiary/aromatic N) is 1. The molecule has 0 saturated carbocycles. The van der Waals surface area contributed by atoms with E-state index in [2.05, 4.69) is 27.7 Å². The molecule has 3 rings (SSSR count). The molecule has 0 aromatic heterocycles. The van der Waals surface area contributed by atoms with Crippen molar-refractivity contribution in [1.29, 1.82) is 0 Å². The molecule has 0 bridgehead atoms. The van der Waals surface area contributed by atoms with Crippen molar-refractivity contribution >= 4 is 17.5 Å². The number of hydrogen-bond donors (Lipinski definition) is 2. The maximum atomic E-state index is 12.5. The Hall–Kier alpha value is -3.02. The molecule has 2 aromatic carbocycles. The topological polar surface area (TPSA) is 70.7 Å². The number of hydrogen-bond acceptors (Lipinski definition) is 4. The molecule has 0 unspecified atom stereocenters. The molecule has 1 fully saturated rings. The number of benzene rings is 2. The Labute approximate surface area is 172 Å². The standard InChI is InChI=1S/C23H29N3O3/c1-17(27)25-22(19-8-10-21(29-2)11-9-19)14-23(28)24-15-18-12-13-26(16-18)20-6-4-3-5-7-20/h3-11,18,22H,12-16H2,1-2H3,(H,24,28)(H,25,27)/t18-,22+/m0/s1. The molecule has 154 valence electrons. The SMILES string of the molecule is COc1ccc([C@@H](CC(=O)NC[C@@H]2CCN(c3ccccc3)C2)NC(C)=O)cc1. The van der Waals surface area contributed by atoms with Crippen LogP contribution in [-0.4, -0.2) is 38.6 Å². The van der Waals surface area contributed by atoms with Gasteiger partial charge in [-0.3, -0.25) is 9.59 Å². The van der Waals surface area contributed by atoms with E-state index in [0.29, 0.717) is 12.5 Å². The molecule has 6 heteroatoms. The van der Waals surface area contributed by atoms with Crippen molar-refractivity contribution in [1.82, 2.24) is 10.6 Å². The van der Waals surface area contributed by atoms with E-state index in [-0.39, 0.29) is 24.3 Å². The van der Waals surface area contributed by atoms with Gasteiger partial charge in [0.2, 0.25) is 11.8 Å². The van der Waals surface area contributed by atoms with Gasteiger partial charge in [0.25, 0.3) is 0 Å². The van der Waals surface area contributed by atoms with Crippen LogP contribution in [0.25, 0.3) is 0 Å². The fourth-order valence-electron chi connectivity index (χ4n) is 3.72. The lowest BCUT2D eigenvalue weighted by Gasteiger charge is -2.20. The third-order valence-corrected chi connectivity index (χ3v) is 5.28. The van der Waals surface area contributed by atoms with Crippen LogP contribution in [0.4, 0.5) is 5.69 Å². The first-order valence-electron chi connectivity index (χ1n) is 10.0. The monoisotopic (exact) mass is 395 g/mol. The number of nitrogens with one attached hydrogen (secondary N) is 2. The summed E-state index contributed by atoms with van der Waals surface area (Å²) in [6.45, 7) is 4.06. The predicted octanol–water partition coefficient (Wildman–Crippen LogP) is 2.91. The maximum absolute atomic E-state index is 12.5. The normalized spacial score (nSPS) is 16.9. The summed E-state index contributed by atoms with van der Waals surface area (Å²) in [4.78, 5) is 26.5. The zero-order valence-electron chi connectivity index (χ0n) is 17.1. The summed E-state index contributed by atoms with van der Waals surface area (Å²) in [6.07, 6.45) is 1.27. The number of methoxy groups -OCH3 is 1. The number of rotatable bonds is 8. The molecule has 0 aliphatic carbocycles. The Kier molecular flexibility index (Phi) is 7.11. The van der Waals surface area contributed by atoms with E-state index in [1.54, 1.807) is 7.11 Å². The summed E-state index contributed by atoms with van der Waals surface area (Å²) in [5.41, 5.74) is 2.11. The minimum absolute atomic E-state index is 0.0577. The minimum Gasteiger partial charge on any atom is -0.497 e. The van der Waals surface area contributed by atoms with Crippen LogP contribution in [0.1, 0.15) is 31.4 Å². The summed E-state index contributed by atoms with van der Waals surface area (Å²) >= 11 is 0. The Morgan fingerprint density at radius 3 is 2.52 bits per heavy atom. The van der Waals surface area contributed by atoms with Crippen LogP contribution in [0.3, 0.4) is 0 Å². The van der Waals surface area contributed by atoms with Crippen LogP contribution in [0.2, 0.25) is 0 Å². The van der Waals surface area contributed by atoms with Crippen molar-refractivity contribution < 1.29 is 14.3 Å². The van der Waals surface area contributed by atoms with Gasteiger partial charge >= 0.3 is 0 Å². The number of anilines is 1. The summed E-state index contributed by atoms with van der Waals surface area (Å²) in [5.74, 6) is 0.953. The van der Waals surface area contributed by atoms with Gasteiger partial charge in [-0.15, -0.1) is 0 Å². The van der Waals surface area contributed by atoms with Crippen molar-refractivity contribution in [2.24, 2.45) is 5.92 Å². The lowest BCUT2D eigenvalue weighted by atomic mass is 10.0. The lowest BCUT2D eigenvalue weighted by Crippen LogP contribution is -2.35. The summed E-state index contributed by atoms with van der Waals surface area (Å²) in [6, 6.07) is 17.4. The van der Waals surface area contributed by atoms with Crippen LogP contribution in [0, 0.1) is 5.92 Å². The Bertz CT molecular complexity index is 808. The van der Waals surface area contributed by atoms with Crippen molar-refractivity contribution in [2.75, 3.05) is 31.6 Å². The molecule has 1 saturated heterocycles. The van der Waals surface area contributed by atoms with Crippen molar-refractivity contribution in [3.8, 4) is 5.75 Å². The van der Waals surface area contributed by atoms with Crippen LogP contribution in [0.5, 0.6) is 5.75 Å². The van der Waals surface area contributed by atoms with Crippen molar-refractivity contribution in [3.05, 3.63) is 60.2 Å². The Balaban J connectivity index is 1.51. The fourth-order valence-corrected chi connectivity index (χ4v) is 3.72. The second-order valence-electron chi connectivity index (χ2n) is 7.47. The van der Waals surface area contributed by atoms with Gasteiger partial charge in [0.1, 0.15) is 5.75 Å². The summed E-state index contributed by atoms with van der Waals surface area (Å²) < 4.78 is 5.18. The van der Waals surface area contributed by atoms with Gasteiger partial charge in [-0.1, -0.05) is 30.3 Å². The van der Waals surface area contributed by atoms with Crippen LogP contribution in [-0.2, 0) is 9.59 Å². The molecule has 6 nitrogen and oxygen atoms in total. The molecule has 2 amide bonds. The molecular weight excluding hydrogens is 366 g/mol. The van der Waals surface area contributed by atoms with E-state index in [0.717, 1.165) is 30.8 Å². The lowest BCUT2D eigenvalue weighted by molar-refractivity contribution is -0.122. The zero-order chi connectivity index (χ0) is 20.6. The molecule has 2 N–H and O–H groups in total. The average molecular weight is 396 g/mol. The van der Waals surface area contributed by atoms with E-state index in [1.807, 2.05) is 42.5 Å². The highest BCUT2D eigenvalue weighted by Crippen LogP contribution is 2.23. The molecule has 1 aliphatic heterocycles. The number of para-hydroxylation sites is 1. The van der Waals surface area contributed by atoms with Gasteiger partial charge in [-0.05, 0) is 42.2 Å².